The summed E-state index contributed by atoms with van der Waals surface area (Å²) in [6.45, 7) is 4.34. The van der Waals surface area contributed by atoms with Crippen LogP contribution in [0.4, 0.5) is 20.2 Å². The molecule has 0 atom stereocenters. The number of rotatable bonds is 7. The first kappa shape index (κ1) is 26.4. The van der Waals surface area contributed by atoms with E-state index < -0.39 is 38.9 Å². The summed E-state index contributed by atoms with van der Waals surface area (Å²) in [7, 11) is -4.04. The van der Waals surface area contributed by atoms with Crippen LogP contribution < -0.4 is 14.9 Å². The summed E-state index contributed by atoms with van der Waals surface area (Å²) >= 11 is 0. The molecule has 2 fully saturated rings. The number of H-pyrrole nitrogens is 1. The second-order valence-corrected chi connectivity index (χ2v) is 11.6. The van der Waals surface area contributed by atoms with E-state index in [1.54, 1.807) is 12.3 Å². The van der Waals surface area contributed by atoms with E-state index in [9.17, 15) is 17.6 Å². The van der Waals surface area contributed by atoms with Crippen LogP contribution >= 0.6 is 0 Å². The zero-order chi connectivity index (χ0) is 27.9. The fourth-order valence-corrected chi connectivity index (χ4v) is 6.55. The molecule has 4 heterocycles. The number of aromatic amines is 1. The fraction of sp³-hybridized carbons (Fsp3) is 0.286. The fourth-order valence-electron chi connectivity index (χ4n) is 5.24. The molecule has 2 aromatic carbocycles. The molecule has 0 unspecified atom stereocenters. The molecule has 4 aromatic rings. The van der Waals surface area contributed by atoms with E-state index >= 15 is 4.39 Å². The SMILES string of the molecule is O=C(c1c(F)ccc(NS(=O)(=O)N2CCCC2)c1F)c1c[nH]c2ncc(-c3ccc(N4CCNCC4)cc3)cc12. The minimum Gasteiger partial charge on any atom is -0.369 e. The summed E-state index contributed by atoms with van der Waals surface area (Å²) in [5, 5.41) is 3.73. The Morgan fingerprint density at radius 1 is 0.950 bits per heavy atom. The molecule has 2 aromatic heterocycles. The van der Waals surface area contributed by atoms with E-state index in [0.29, 0.717) is 37.0 Å². The van der Waals surface area contributed by atoms with Gasteiger partial charge in [-0.1, -0.05) is 12.1 Å². The van der Waals surface area contributed by atoms with Crippen LogP contribution in [0.25, 0.3) is 22.2 Å². The zero-order valence-electron chi connectivity index (χ0n) is 21.6. The van der Waals surface area contributed by atoms with Crippen LogP contribution in [0.1, 0.15) is 28.8 Å². The number of hydrogen-bond donors (Lipinski definition) is 3. The number of carbonyl (C=O) groups excluding carboxylic acids is 1. The van der Waals surface area contributed by atoms with Crippen LogP contribution in [0, 0.1) is 11.6 Å². The highest BCUT2D eigenvalue weighted by molar-refractivity contribution is 7.90. The zero-order valence-corrected chi connectivity index (χ0v) is 22.4. The van der Waals surface area contributed by atoms with Crippen LogP contribution in [0.3, 0.4) is 0 Å². The minimum atomic E-state index is -4.04. The predicted molar refractivity (Wildman–Crippen MR) is 150 cm³/mol. The van der Waals surface area contributed by atoms with Crippen molar-refractivity contribution in [3.63, 3.8) is 0 Å². The normalized spacial score (nSPS) is 16.5. The van der Waals surface area contributed by atoms with Crippen molar-refractivity contribution in [2.45, 2.75) is 12.8 Å². The van der Waals surface area contributed by atoms with Crippen molar-refractivity contribution in [1.82, 2.24) is 19.6 Å². The molecule has 0 spiro atoms. The van der Waals surface area contributed by atoms with E-state index in [1.165, 1.54) is 10.5 Å². The number of hydrogen-bond acceptors (Lipinski definition) is 6. The van der Waals surface area contributed by atoms with Crippen molar-refractivity contribution in [1.29, 1.82) is 0 Å². The van der Waals surface area contributed by atoms with Crippen LogP contribution in [0.2, 0.25) is 0 Å². The lowest BCUT2D eigenvalue weighted by atomic mass is 9.99. The number of benzene rings is 2. The van der Waals surface area contributed by atoms with Gasteiger partial charge in [-0.3, -0.25) is 9.52 Å². The van der Waals surface area contributed by atoms with Gasteiger partial charge < -0.3 is 15.2 Å². The van der Waals surface area contributed by atoms with Gasteiger partial charge in [0, 0.05) is 73.9 Å². The maximum Gasteiger partial charge on any atom is 0.301 e. The smallest absolute Gasteiger partial charge is 0.301 e. The molecular weight excluding hydrogens is 538 g/mol. The number of piperazine rings is 1. The molecule has 0 saturated carbocycles. The Kier molecular flexibility index (Phi) is 6.99. The Morgan fingerprint density at radius 2 is 1.68 bits per heavy atom. The summed E-state index contributed by atoms with van der Waals surface area (Å²) in [5.41, 5.74) is 1.82. The van der Waals surface area contributed by atoms with E-state index in [-0.39, 0.29) is 5.56 Å². The molecule has 2 saturated heterocycles. The van der Waals surface area contributed by atoms with Gasteiger partial charge in [-0.05, 0) is 48.7 Å². The lowest BCUT2D eigenvalue weighted by molar-refractivity contribution is 0.103. The number of carbonyl (C=O) groups is 1. The first-order valence-electron chi connectivity index (χ1n) is 13.2. The Balaban J connectivity index is 1.31. The molecule has 3 N–H and O–H groups in total. The van der Waals surface area contributed by atoms with Gasteiger partial charge in [0.05, 0.1) is 11.3 Å². The third kappa shape index (κ3) is 4.93. The lowest BCUT2D eigenvalue weighted by Crippen LogP contribution is -2.43. The first-order valence-corrected chi connectivity index (χ1v) is 14.6. The number of nitrogens with zero attached hydrogens (tertiary/aromatic N) is 3. The van der Waals surface area contributed by atoms with Gasteiger partial charge in [-0.2, -0.15) is 12.7 Å². The topological polar surface area (TPSA) is 110 Å². The number of aromatic nitrogens is 2. The molecular formula is C28H28F2N6O3S. The molecule has 9 nitrogen and oxygen atoms in total. The van der Waals surface area contributed by atoms with E-state index in [4.69, 9.17) is 0 Å². The first-order chi connectivity index (χ1) is 19.3. The van der Waals surface area contributed by atoms with Crippen molar-refractivity contribution < 1.29 is 22.0 Å². The molecule has 12 heteroatoms. The van der Waals surface area contributed by atoms with Gasteiger partial charge in [-0.25, -0.2) is 13.8 Å². The number of nitrogens with one attached hydrogen (secondary N) is 3. The van der Waals surface area contributed by atoms with Crippen molar-refractivity contribution in [3.8, 4) is 11.1 Å². The molecule has 6 rings (SSSR count). The standard InChI is InChI=1S/C28H28F2N6O3S/c29-23-7-8-24(34-40(38,39)36-11-1-2-12-36)26(30)25(23)27(37)22-17-33-28-21(22)15-19(16-32-28)18-3-5-20(6-4-18)35-13-9-31-10-14-35/h3-8,15-17,31,34H,1-2,9-14H2,(H,32,33). The molecule has 2 aliphatic heterocycles. The second-order valence-electron chi connectivity index (χ2n) is 9.93. The Bertz CT molecular complexity index is 1680. The largest absolute Gasteiger partial charge is 0.369 e. The van der Waals surface area contributed by atoms with Crippen molar-refractivity contribution in [3.05, 3.63) is 77.6 Å². The van der Waals surface area contributed by atoms with E-state index in [0.717, 1.165) is 55.1 Å². The van der Waals surface area contributed by atoms with E-state index in [1.807, 2.05) is 24.3 Å². The number of pyridine rings is 1. The third-order valence-electron chi connectivity index (χ3n) is 7.42. The van der Waals surface area contributed by atoms with Crippen molar-refractivity contribution in [2.24, 2.45) is 0 Å². The maximum absolute atomic E-state index is 15.5. The average molecular weight is 567 g/mol. The van der Waals surface area contributed by atoms with Crippen LogP contribution in [-0.2, 0) is 10.2 Å². The quantitative estimate of drug-likeness (QED) is 0.293. The average Bonchev–Trinajstić information content (AvgIpc) is 3.66. The number of halogens is 2. The molecule has 2 aliphatic rings. The van der Waals surface area contributed by atoms with Crippen LogP contribution in [0.15, 0.2) is 54.9 Å². The highest BCUT2D eigenvalue weighted by Gasteiger charge is 2.29. The highest BCUT2D eigenvalue weighted by atomic mass is 32.2. The summed E-state index contributed by atoms with van der Waals surface area (Å²) < 4.78 is 59.0. The lowest BCUT2D eigenvalue weighted by Gasteiger charge is -2.29. The van der Waals surface area contributed by atoms with Gasteiger partial charge in [0.25, 0.3) is 0 Å². The molecule has 208 valence electrons. The third-order valence-corrected chi connectivity index (χ3v) is 8.94. The van der Waals surface area contributed by atoms with Gasteiger partial charge in [0.1, 0.15) is 11.5 Å². The second kappa shape index (κ2) is 10.6. The molecule has 0 radical (unpaired) electrons. The van der Waals surface area contributed by atoms with E-state index in [2.05, 4.69) is 24.9 Å². The van der Waals surface area contributed by atoms with Crippen molar-refractivity contribution in [2.75, 3.05) is 48.9 Å². The molecule has 0 aliphatic carbocycles. The van der Waals surface area contributed by atoms with Crippen LogP contribution in [-0.4, -0.2) is 67.7 Å². The van der Waals surface area contributed by atoms with Gasteiger partial charge in [0.15, 0.2) is 5.82 Å². The molecule has 0 bridgehead atoms. The predicted octanol–water partition coefficient (Wildman–Crippen LogP) is 3.90. The number of fused-ring (bicyclic) bond motifs is 1. The van der Waals surface area contributed by atoms with Gasteiger partial charge >= 0.3 is 10.2 Å². The Labute approximate surface area is 230 Å². The maximum atomic E-state index is 15.5. The van der Waals surface area contributed by atoms with Crippen molar-refractivity contribution >= 4 is 38.4 Å². The van der Waals surface area contributed by atoms with Crippen LogP contribution in [0.5, 0.6) is 0 Å². The number of anilines is 2. The monoisotopic (exact) mass is 566 g/mol. The summed E-state index contributed by atoms with van der Waals surface area (Å²) in [6.07, 6.45) is 4.43. The van der Waals surface area contributed by atoms with Gasteiger partial charge in [-0.15, -0.1) is 0 Å². The summed E-state index contributed by atoms with van der Waals surface area (Å²) in [6, 6.07) is 11.6. The summed E-state index contributed by atoms with van der Waals surface area (Å²) in [5.74, 6) is -3.28. The minimum absolute atomic E-state index is 0.0270. The summed E-state index contributed by atoms with van der Waals surface area (Å²) in [4.78, 5) is 23.1. The molecule has 40 heavy (non-hydrogen) atoms. The Hall–Kier alpha value is -3.87. The number of ketones is 1. The van der Waals surface area contributed by atoms with Gasteiger partial charge in [0.2, 0.25) is 5.78 Å². The Morgan fingerprint density at radius 3 is 2.40 bits per heavy atom. The molecule has 0 amide bonds. The highest BCUT2D eigenvalue weighted by Crippen LogP contribution is 2.31.